The summed E-state index contributed by atoms with van der Waals surface area (Å²) in [6.07, 6.45) is 5.77. The Labute approximate surface area is 267 Å². The van der Waals surface area contributed by atoms with Gasteiger partial charge in [0.05, 0.1) is 12.8 Å². The molecule has 4 amide bonds. The molecule has 2 fully saturated rings. The predicted octanol–water partition coefficient (Wildman–Crippen LogP) is 2.19. The molecule has 2 aliphatic rings. The van der Waals surface area contributed by atoms with Crippen LogP contribution in [0.3, 0.4) is 0 Å². The molecule has 46 heavy (non-hydrogen) atoms. The second-order valence-electron chi connectivity index (χ2n) is 12.0. The van der Waals surface area contributed by atoms with Crippen LogP contribution in [-0.2, 0) is 43.2 Å². The Morgan fingerprint density at radius 2 is 1.57 bits per heavy atom. The molecule has 0 spiro atoms. The number of rotatable bonds is 13. The van der Waals surface area contributed by atoms with Crippen molar-refractivity contribution in [2.45, 2.75) is 81.6 Å². The fourth-order valence-corrected chi connectivity index (χ4v) is 6.42. The number of hydrogen-bond donors (Lipinski definition) is 4. The van der Waals surface area contributed by atoms with Crippen molar-refractivity contribution in [3.63, 3.8) is 0 Å². The molecule has 11 nitrogen and oxygen atoms in total. The normalized spacial score (nSPS) is 20.2. The monoisotopic (exact) mass is 625 g/mol. The maximum Gasteiger partial charge on any atom is 0.305 e. The fraction of sp³-hybridized carbons (Fsp3) is 0.371. The highest BCUT2D eigenvalue weighted by Crippen LogP contribution is 2.32. The number of hydrogen-bond acceptors (Lipinski definition) is 6. The van der Waals surface area contributed by atoms with E-state index in [1.54, 1.807) is 29.4 Å². The van der Waals surface area contributed by atoms with E-state index in [4.69, 9.17) is 0 Å². The predicted molar refractivity (Wildman–Crippen MR) is 169 cm³/mol. The van der Waals surface area contributed by atoms with E-state index in [0.717, 1.165) is 17.5 Å². The van der Waals surface area contributed by atoms with Gasteiger partial charge in [-0.3, -0.25) is 29.0 Å². The molecular weight excluding hydrogens is 586 g/mol. The molecule has 240 valence electrons. The molecule has 4 N–H and O–H groups in total. The molecule has 0 aliphatic carbocycles. The highest BCUT2D eigenvalue weighted by Gasteiger charge is 2.47. The number of carbonyl (C=O) groups excluding carboxylic acids is 4. The van der Waals surface area contributed by atoms with E-state index in [9.17, 15) is 29.1 Å². The lowest BCUT2D eigenvalue weighted by atomic mass is 9.95. The molecule has 0 saturated carbocycles. The van der Waals surface area contributed by atoms with Gasteiger partial charge in [0.15, 0.2) is 0 Å². The van der Waals surface area contributed by atoms with E-state index in [0.29, 0.717) is 31.2 Å². The average molecular weight is 626 g/mol. The van der Waals surface area contributed by atoms with Gasteiger partial charge in [-0.15, -0.1) is 0 Å². The van der Waals surface area contributed by atoms with Gasteiger partial charge in [0.2, 0.25) is 23.6 Å². The number of nitrogens with zero attached hydrogens (tertiary/aromatic N) is 2. The van der Waals surface area contributed by atoms with Crippen molar-refractivity contribution >= 4 is 29.6 Å². The summed E-state index contributed by atoms with van der Waals surface area (Å²) >= 11 is 0. The van der Waals surface area contributed by atoms with Gasteiger partial charge in [0, 0.05) is 30.9 Å². The largest absolute Gasteiger partial charge is 0.481 e. The molecule has 2 aromatic carbocycles. The first-order chi connectivity index (χ1) is 22.3. The van der Waals surface area contributed by atoms with Crippen LogP contribution < -0.4 is 16.0 Å². The molecule has 2 saturated heterocycles. The van der Waals surface area contributed by atoms with Gasteiger partial charge in [0.1, 0.15) is 18.1 Å². The summed E-state index contributed by atoms with van der Waals surface area (Å²) in [5.74, 6) is -2.60. The van der Waals surface area contributed by atoms with Gasteiger partial charge in [-0.05, 0) is 54.9 Å². The van der Waals surface area contributed by atoms with Gasteiger partial charge in [-0.1, -0.05) is 66.7 Å². The molecule has 3 heterocycles. The van der Waals surface area contributed by atoms with E-state index in [-0.39, 0.29) is 37.1 Å². The SMILES string of the molecule is O=C(O)C[C@H](Cc1ccccc1)NC(=O)[C@H](Cc1cccnc1)NC(=O)[C@@H]1CCC[C@@H]2C[C@H](NC(=O)Cc3ccccc3)C(=O)N21. The lowest BCUT2D eigenvalue weighted by Crippen LogP contribution is -2.58. The molecular formula is C35H39N5O6. The second kappa shape index (κ2) is 15.3. The summed E-state index contributed by atoms with van der Waals surface area (Å²) in [6.45, 7) is 0. The van der Waals surface area contributed by atoms with Gasteiger partial charge in [-0.25, -0.2) is 0 Å². The summed E-state index contributed by atoms with van der Waals surface area (Å²) in [7, 11) is 0. The molecule has 5 rings (SSSR count). The maximum absolute atomic E-state index is 13.8. The second-order valence-corrected chi connectivity index (χ2v) is 12.0. The van der Waals surface area contributed by atoms with E-state index >= 15 is 0 Å². The zero-order valence-electron chi connectivity index (χ0n) is 25.5. The van der Waals surface area contributed by atoms with Crippen LogP contribution in [0, 0.1) is 0 Å². The number of pyridine rings is 1. The molecule has 2 aliphatic heterocycles. The highest BCUT2D eigenvalue weighted by atomic mass is 16.4. The summed E-state index contributed by atoms with van der Waals surface area (Å²) in [4.78, 5) is 71.2. The number of aromatic nitrogens is 1. The van der Waals surface area contributed by atoms with E-state index in [1.165, 1.54) is 0 Å². The number of piperidine rings is 1. The lowest BCUT2D eigenvalue weighted by molar-refractivity contribution is -0.143. The summed E-state index contributed by atoms with van der Waals surface area (Å²) in [6, 6.07) is 18.6. The Bertz CT molecular complexity index is 1520. The van der Waals surface area contributed by atoms with E-state index in [1.807, 2.05) is 60.7 Å². The van der Waals surface area contributed by atoms with Crippen LogP contribution in [0.2, 0.25) is 0 Å². The van der Waals surface area contributed by atoms with Crippen molar-refractivity contribution in [1.82, 2.24) is 25.8 Å². The molecule has 5 atom stereocenters. The Morgan fingerprint density at radius 3 is 2.24 bits per heavy atom. The minimum atomic E-state index is -1.06. The van der Waals surface area contributed by atoms with Gasteiger partial charge >= 0.3 is 5.97 Å². The number of carbonyl (C=O) groups is 5. The Balaban J connectivity index is 1.28. The summed E-state index contributed by atoms with van der Waals surface area (Å²) in [5.41, 5.74) is 2.42. The average Bonchev–Trinajstić information content (AvgIpc) is 3.36. The van der Waals surface area contributed by atoms with Crippen molar-refractivity contribution in [3.05, 3.63) is 102 Å². The van der Waals surface area contributed by atoms with Crippen LogP contribution in [-0.4, -0.2) is 74.8 Å². The third-order valence-electron chi connectivity index (χ3n) is 8.54. The molecule has 0 bridgehead atoms. The van der Waals surface area contributed by atoms with Crippen molar-refractivity contribution in [2.75, 3.05) is 0 Å². The van der Waals surface area contributed by atoms with E-state index < -0.39 is 42.0 Å². The number of benzene rings is 2. The number of carboxylic acid groups (broad SMARTS) is 1. The first-order valence-electron chi connectivity index (χ1n) is 15.7. The quantitative estimate of drug-likeness (QED) is 0.227. The minimum Gasteiger partial charge on any atom is -0.481 e. The smallest absolute Gasteiger partial charge is 0.305 e. The molecule has 0 radical (unpaired) electrons. The van der Waals surface area contributed by atoms with Crippen LogP contribution >= 0.6 is 0 Å². The molecule has 3 aromatic rings. The topological polar surface area (TPSA) is 158 Å². The molecule has 11 heteroatoms. The van der Waals surface area contributed by atoms with Crippen molar-refractivity contribution < 1.29 is 29.1 Å². The zero-order chi connectivity index (χ0) is 32.5. The maximum atomic E-state index is 13.8. The van der Waals surface area contributed by atoms with Gasteiger partial charge in [0.25, 0.3) is 0 Å². The van der Waals surface area contributed by atoms with E-state index in [2.05, 4.69) is 20.9 Å². The van der Waals surface area contributed by atoms with Crippen LogP contribution in [0.1, 0.15) is 48.8 Å². The number of carboxylic acids is 1. The van der Waals surface area contributed by atoms with Gasteiger partial charge < -0.3 is 26.0 Å². The van der Waals surface area contributed by atoms with Crippen LogP contribution in [0.15, 0.2) is 85.2 Å². The summed E-state index contributed by atoms with van der Waals surface area (Å²) in [5, 5.41) is 18.1. The first kappa shape index (κ1) is 32.3. The molecule has 1 aromatic heterocycles. The lowest BCUT2D eigenvalue weighted by Gasteiger charge is -2.37. The number of amides is 4. The van der Waals surface area contributed by atoms with Crippen LogP contribution in [0.5, 0.6) is 0 Å². The Morgan fingerprint density at radius 1 is 0.870 bits per heavy atom. The van der Waals surface area contributed by atoms with Crippen molar-refractivity contribution in [2.24, 2.45) is 0 Å². The number of nitrogens with one attached hydrogen (secondary N) is 3. The highest BCUT2D eigenvalue weighted by molar-refractivity contribution is 5.96. The van der Waals surface area contributed by atoms with Gasteiger partial charge in [-0.2, -0.15) is 0 Å². The number of fused-ring (bicyclic) bond motifs is 1. The third kappa shape index (κ3) is 8.56. The Kier molecular flexibility index (Phi) is 10.7. The summed E-state index contributed by atoms with van der Waals surface area (Å²) < 4.78 is 0. The minimum absolute atomic E-state index is 0.124. The Hall–Kier alpha value is -5.06. The fourth-order valence-electron chi connectivity index (χ4n) is 6.42. The van der Waals surface area contributed by atoms with Crippen molar-refractivity contribution in [3.8, 4) is 0 Å². The zero-order valence-corrected chi connectivity index (χ0v) is 25.5. The van der Waals surface area contributed by atoms with Crippen LogP contribution in [0.4, 0.5) is 0 Å². The third-order valence-corrected chi connectivity index (χ3v) is 8.54. The molecule has 0 unspecified atom stereocenters. The number of aliphatic carboxylic acids is 1. The standard InChI is InChI=1S/C35H39N5O6/c41-31(19-24-11-5-2-6-12-24)38-29-21-27-14-7-15-30(40(27)35(29)46)34(45)39-28(18-25-13-8-16-36-22-25)33(44)37-26(20-32(42)43)17-23-9-3-1-4-10-23/h1-6,8-13,16,22,26-30H,7,14-15,17-21H2,(H,37,44)(H,38,41)(H,39,45)(H,42,43)/t26-,27+,28-,29-,30-/m0/s1. The van der Waals surface area contributed by atoms with Crippen molar-refractivity contribution in [1.29, 1.82) is 0 Å². The van der Waals surface area contributed by atoms with Crippen LogP contribution in [0.25, 0.3) is 0 Å². The first-order valence-corrected chi connectivity index (χ1v) is 15.7.